The molecular formula is C12H6Cl5NO. The van der Waals surface area contributed by atoms with Crippen molar-refractivity contribution in [2.45, 2.75) is 6.92 Å². The highest BCUT2D eigenvalue weighted by Gasteiger charge is 2.21. The minimum Gasteiger partial charge on any atom is -0.328 e. The minimum atomic E-state index is -0.223. The van der Waals surface area contributed by atoms with Crippen molar-refractivity contribution in [3.05, 3.63) is 53.3 Å². The third kappa shape index (κ3) is 2.61. The molecule has 1 N–H and O–H groups in total. The van der Waals surface area contributed by atoms with Crippen molar-refractivity contribution in [3.8, 4) is 11.1 Å². The van der Waals surface area contributed by atoms with Gasteiger partial charge in [-0.1, -0.05) is 58.0 Å². The highest BCUT2D eigenvalue weighted by atomic mass is 35.5. The average molecular weight is 357 g/mol. The van der Waals surface area contributed by atoms with Crippen molar-refractivity contribution >= 4 is 58.0 Å². The van der Waals surface area contributed by atoms with E-state index in [4.69, 9.17) is 58.0 Å². The lowest BCUT2D eigenvalue weighted by Gasteiger charge is -2.14. The van der Waals surface area contributed by atoms with E-state index in [0.29, 0.717) is 16.7 Å². The van der Waals surface area contributed by atoms with E-state index in [1.54, 1.807) is 6.92 Å². The van der Waals surface area contributed by atoms with Gasteiger partial charge in [-0.3, -0.25) is 4.79 Å². The summed E-state index contributed by atoms with van der Waals surface area (Å²) >= 11 is 30.3. The van der Waals surface area contributed by atoms with Crippen molar-refractivity contribution in [3.63, 3.8) is 0 Å². The van der Waals surface area contributed by atoms with Crippen LogP contribution in [0.3, 0.4) is 0 Å². The molecule has 0 fully saturated rings. The first-order valence-corrected chi connectivity index (χ1v) is 6.94. The van der Waals surface area contributed by atoms with Gasteiger partial charge in [0, 0.05) is 23.4 Å². The molecule has 0 amide bonds. The van der Waals surface area contributed by atoms with Gasteiger partial charge in [0.05, 0.1) is 25.1 Å². The number of benzene rings is 1. The van der Waals surface area contributed by atoms with Crippen LogP contribution in [0.15, 0.2) is 17.1 Å². The molecule has 0 radical (unpaired) electrons. The Balaban J connectivity index is 2.86. The molecule has 7 heteroatoms. The predicted octanol–water partition coefficient (Wildman–Crippen LogP) is 5.62. The van der Waals surface area contributed by atoms with Crippen molar-refractivity contribution in [1.29, 1.82) is 0 Å². The maximum atomic E-state index is 11.2. The van der Waals surface area contributed by atoms with Gasteiger partial charge in [0.25, 0.3) is 0 Å². The molecule has 2 aromatic rings. The fourth-order valence-electron chi connectivity index (χ4n) is 1.68. The van der Waals surface area contributed by atoms with Gasteiger partial charge in [0.2, 0.25) is 5.56 Å². The molecule has 100 valence electrons. The number of aryl methyl sites for hydroxylation is 1. The van der Waals surface area contributed by atoms with Crippen LogP contribution in [0.1, 0.15) is 5.56 Å². The van der Waals surface area contributed by atoms with E-state index >= 15 is 0 Å². The van der Waals surface area contributed by atoms with E-state index in [1.807, 2.05) is 0 Å². The first-order chi connectivity index (χ1) is 8.84. The van der Waals surface area contributed by atoms with Crippen molar-refractivity contribution in [1.82, 2.24) is 4.98 Å². The van der Waals surface area contributed by atoms with Gasteiger partial charge >= 0.3 is 0 Å². The summed E-state index contributed by atoms with van der Waals surface area (Å²) < 4.78 is 0. The molecule has 0 aliphatic carbocycles. The highest BCUT2D eigenvalue weighted by Crippen LogP contribution is 2.48. The van der Waals surface area contributed by atoms with Gasteiger partial charge in [0.1, 0.15) is 0 Å². The Kier molecular flexibility index (Phi) is 4.38. The number of nitrogens with one attached hydrogen (secondary N) is 1. The van der Waals surface area contributed by atoms with Crippen molar-refractivity contribution in [2.75, 3.05) is 0 Å². The molecule has 0 spiro atoms. The zero-order valence-corrected chi connectivity index (χ0v) is 13.2. The lowest BCUT2D eigenvalue weighted by atomic mass is 10.0. The number of hydrogen-bond acceptors (Lipinski definition) is 1. The van der Waals surface area contributed by atoms with Gasteiger partial charge in [-0.25, -0.2) is 0 Å². The number of rotatable bonds is 1. The smallest absolute Gasteiger partial charge is 0.248 e. The van der Waals surface area contributed by atoms with Crippen LogP contribution in [-0.4, -0.2) is 4.98 Å². The average Bonchev–Trinajstić information content (AvgIpc) is 2.37. The standard InChI is InChI=1S/C12H6Cl5NO/c1-4-2-6(19)18-3-5(4)7-8(13)10(15)12(17)11(16)9(7)14/h2-3H,1H3,(H,18,19). The van der Waals surface area contributed by atoms with Crippen LogP contribution >= 0.6 is 58.0 Å². The largest absolute Gasteiger partial charge is 0.328 e. The number of aromatic nitrogens is 1. The summed E-state index contributed by atoms with van der Waals surface area (Å²) in [6.07, 6.45) is 1.51. The first kappa shape index (κ1) is 15.0. The van der Waals surface area contributed by atoms with E-state index in [-0.39, 0.29) is 30.7 Å². The summed E-state index contributed by atoms with van der Waals surface area (Å²) in [6.45, 7) is 1.76. The van der Waals surface area contributed by atoms with Gasteiger partial charge in [-0.05, 0) is 12.5 Å². The second-order valence-electron chi connectivity index (χ2n) is 3.84. The Labute approximate surface area is 134 Å². The normalized spacial score (nSPS) is 10.8. The molecule has 1 aromatic heterocycles. The number of hydrogen-bond donors (Lipinski definition) is 1. The second kappa shape index (κ2) is 5.55. The molecule has 0 saturated heterocycles. The van der Waals surface area contributed by atoms with Crippen LogP contribution in [0, 0.1) is 6.92 Å². The summed E-state index contributed by atoms with van der Waals surface area (Å²) in [6, 6.07) is 1.43. The Hall–Kier alpha value is -0.380. The number of halogens is 5. The van der Waals surface area contributed by atoms with Crippen molar-refractivity contribution in [2.24, 2.45) is 0 Å². The van der Waals surface area contributed by atoms with Crippen LogP contribution in [0.5, 0.6) is 0 Å². The van der Waals surface area contributed by atoms with Crippen LogP contribution in [-0.2, 0) is 0 Å². The summed E-state index contributed by atoms with van der Waals surface area (Å²) in [5.74, 6) is 0. The maximum Gasteiger partial charge on any atom is 0.248 e. The summed E-state index contributed by atoms with van der Waals surface area (Å²) in [5, 5.41) is 0.730. The Morgan fingerprint density at radius 3 is 1.84 bits per heavy atom. The zero-order valence-electron chi connectivity index (χ0n) is 9.45. The number of aromatic amines is 1. The summed E-state index contributed by atoms with van der Waals surface area (Å²) in [4.78, 5) is 13.8. The molecule has 0 saturated carbocycles. The molecule has 0 bridgehead atoms. The Morgan fingerprint density at radius 1 is 0.895 bits per heavy atom. The zero-order chi connectivity index (χ0) is 14.3. The van der Waals surface area contributed by atoms with E-state index in [1.165, 1.54) is 12.3 Å². The van der Waals surface area contributed by atoms with E-state index in [9.17, 15) is 4.79 Å². The molecule has 0 aliphatic heterocycles. The first-order valence-electron chi connectivity index (χ1n) is 5.05. The fourth-order valence-corrected chi connectivity index (χ4v) is 3.03. The number of pyridine rings is 1. The molecule has 1 heterocycles. The van der Waals surface area contributed by atoms with Gasteiger partial charge in [0.15, 0.2) is 0 Å². The SMILES string of the molecule is Cc1cc(=O)[nH]cc1-c1c(Cl)c(Cl)c(Cl)c(Cl)c1Cl. The summed E-state index contributed by atoms with van der Waals surface area (Å²) in [7, 11) is 0. The molecular weight excluding hydrogens is 351 g/mol. The number of H-pyrrole nitrogens is 1. The lowest BCUT2D eigenvalue weighted by molar-refractivity contribution is 1.21. The molecule has 19 heavy (non-hydrogen) atoms. The summed E-state index contributed by atoms with van der Waals surface area (Å²) in [5.41, 5.74) is 1.55. The van der Waals surface area contributed by atoms with E-state index in [0.717, 1.165) is 0 Å². The van der Waals surface area contributed by atoms with E-state index < -0.39 is 0 Å². The van der Waals surface area contributed by atoms with Crippen LogP contribution < -0.4 is 5.56 Å². The monoisotopic (exact) mass is 355 g/mol. The second-order valence-corrected chi connectivity index (χ2v) is 5.73. The Bertz CT molecular complexity index is 694. The topological polar surface area (TPSA) is 32.9 Å². The molecule has 2 rings (SSSR count). The van der Waals surface area contributed by atoms with Crippen LogP contribution in [0.2, 0.25) is 25.1 Å². The van der Waals surface area contributed by atoms with Gasteiger partial charge in [-0.2, -0.15) is 0 Å². The van der Waals surface area contributed by atoms with Gasteiger partial charge < -0.3 is 4.98 Å². The third-order valence-electron chi connectivity index (χ3n) is 2.61. The molecule has 0 unspecified atom stereocenters. The van der Waals surface area contributed by atoms with E-state index in [2.05, 4.69) is 4.98 Å². The van der Waals surface area contributed by atoms with Crippen molar-refractivity contribution < 1.29 is 0 Å². The molecule has 0 aliphatic rings. The third-order valence-corrected chi connectivity index (χ3v) is 4.89. The predicted molar refractivity (Wildman–Crippen MR) is 82.3 cm³/mol. The highest BCUT2D eigenvalue weighted by molar-refractivity contribution is 6.56. The maximum absolute atomic E-state index is 11.2. The molecule has 0 atom stereocenters. The van der Waals surface area contributed by atoms with Crippen LogP contribution in [0.4, 0.5) is 0 Å². The van der Waals surface area contributed by atoms with Gasteiger partial charge in [-0.15, -0.1) is 0 Å². The minimum absolute atomic E-state index is 0.101. The lowest BCUT2D eigenvalue weighted by Crippen LogP contribution is -2.04. The molecule has 1 aromatic carbocycles. The quantitative estimate of drug-likeness (QED) is 0.522. The Morgan fingerprint density at radius 2 is 1.37 bits per heavy atom. The molecule has 2 nitrogen and oxygen atoms in total. The fraction of sp³-hybridized carbons (Fsp3) is 0.0833. The van der Waals surface area contributed by atoms with Crippen LogP contribution in [0.25, 0.3) is 11.1 Å².